The Hall–Kier alpha value is -1.50. The number of aromatic nitrogens is 2. The summed E-state index contributed by atoms with van der Waals surface area (Å²) in [4.78, 5) is 19.5. The fourth-order valence-electron chi connectivity index (χ4n) is 2.52. The van der Waals surface area contributed by atoms with Crippen molar-refractivity contribution in [2.75, 3.05) is 26.4 Å². The highest BCUT2D eigenvalue weighted by Crippen LogP contribution is 2.23. The van der Waals surface area contributed by atoms with Crippen molar-refractivity contribution < 1.29 is 5.11 Å². The Morgan fingerprint density at radius 3 is 2.50 bits per heavy atom. The van der Waals surface area contributed by atoms with E-state index in [2.05, 4.69) is 16.8 Å². The summed E-state index contributed by atoms with van der Waals surface area (Å²) in [6.07, 6.45) is 3.53. The van der Waals surface area contributed by atoms with Gasteiger partial charge in [-0.25, -0.2) is 0 Å². The molecule has 26 heavy (non-hydrogen) atoms. The van der Waals surface area contributed by atoms with Crippen LogP contribution in [-0.4, -0.2) is 46.0 Å². The van der Waals surface area contributed by atoms with E-state index in [4.69, 9.17) is 0 Å². The van der Waals surface area contributed by atoms with Gasteiger partial charge in [-0.15, -0.1) is 12.4 Å². The van der Waals surface area contributed by atoms with Gasteiger partial charge in [0.05, 0.1) is 11.3 Å². The largest absolute Gasteiger partial charge is 0.493 e. The fraction of sp³-hybridized carbons (Fsp3) is 0.474. The van der Waals surface area contributed by atoms with Crippen molar-refractivity contribution in [1.82, 2.24) is 14.5 Å². The van der Waals surface area contributed by atoms with Gasteiger partial charge < -0.3 is 10.0 Å². The molecule has 0 saturated carbocycles. The molecule has 2 rings (SSSR count). The lowest BCUT2D eigenvalue weighted by Crippen LogP contribution is -2.26. The van der Waals surface area contributed by atoms with Crippen LogP contribution in [0.25, 0.3) is 5.69 Å². The van der Waals surface area contributed by atoms with Crippen LogP contribution in [0.3, 0.4) is 0 Å². The molecule has 0 radical (unpaired) electrons. The van der Waals surface area contributed by atoms with Crippen LogP contribution in [0.1, 0.15) is 31.7 Å². The molecule has 2 aromatic rings. The zero-order chi connectivity index (χ0) is 18.2. The quantitative estimate of drug-likeness (QED) is 0.396. The van der Waals surface area contributed by atoms with E-state index in [9.17, 15) is 9.90 Å². The lowest BCUT2D eigenvalue weighted by Gasteiger charge is -2.15. The van der Waals surface area contributed by atoms with E-state index in [0.29, 0.717) is 17.1 Å². The van der Waals surface area contributed by atoms with Gasteiger partial charge in [0.25, 0.3) is 5.56 Å². The third-order valence-electron chi connectivity index (χ3n) is 3.94. The van der Waals surface area contributed by atoms with E-state index in [-0.39, 0.29) is 23.8 Å². The van der Waals surface area contributed by atoms with Crippen LogP contribution in [0, 0.1) is 0 Å². The molecular formula is C19H28ClN3O2S. The van der Waals surface area contributed by atoms with E-state index in [1.54, 1.807) is 4.57 Å². The maximum atomic E-state index is 13.0. The van der Waals surface area contributed by atoms with E-state index in [1.807, 2.05) is 44.4 Å². The summed E-state index contributed by atoms with van der Waals surface area (Å²) in [7, 11) is 4.01. The first-order valence-corrected chi connectivity index (χ1v) is 9.71. The highest BCUT2D eigenvalue weighted by atomic mass is 35.5. The minimum absolute atomic E-state index is 0. The monoisotopic (exact) mass is 397 g/mol. The average Bonchev–Trinajstić information content (AvgIpc) is 2.58. The molecule has 0 bridgehead atoms. The van der Waals surface area contributed by atoms with Crippen LogP contribution in [0.5, 0.6) is 5.88 Å². The summed E-state index contributed by atoms with van der Waals surface area (Å²) in [5.41, 5.74) is 1.03. The lowest BCUT2D eigenvalue weighted by atomic mass is 10.1. The van der Waals surface area contributed by atoms with Crippen LogP contribution in [0.2, 0.25) is 0 Å². The van der Waals surface area contributed by atoms with Crippen molar-refractivity contribution in [1.29, 1.82) is 0 Å². The Kier molecular flexibility index (Phi) is 9.76. The molecule has 1 heterocycles. The first-order chi connectivity index (χ1) is 12.0. The Morgan fingerprint density at radius 2 is 1.88 bits per heavy atom. The smallest absolute Gasteiger partial charge is 0.265 e. The van der Waals surface area contributed by atoms with E-state index < -0.39 is 0 Å². The molecule has 1 N–H and O–H groups in total. The van der Waals surface area contributed by atoms with Gasteiger partial charge in [0.1, 0.15) is 0 Å². The number of halogens is 1. The maximum Gasteiger partial charge on any atom is 0.265 e. The van der Waals surface area contributed by atoms with Crippen molar-refractivity contribution in [3.8, 4) is 11.6 Å². The molecule has 0 fully saturated rings. The molecule has 0 saturated heterocycles. The SMILES string of the molecule is CCCCCc1c(O)nc(SCCN(C)C)n(-c2ccccc2)c1=O.Cl. The van der Waals surface area contributed by atoms with Gasteiger partial charge in [-0.3, -0.25) is 9.36 Å². The number of rotatable bonds is 9. The second kappa shape index (κ2) is 11.3. The number of benzene rings is 1. The third-order valence-corrected chi connectivity index (χ3v) is 4.86. The van der Waals surface area contributed by atoms with Gasteiger partial charge in [0, 0.05) is 12.3 Å². The molecular weight excluding hydrogens is 370 g/mol. The molecule has 5 nitrogen and oxygen atoms in total. The van der Waals surface area contributed by atoms with Gasteiger partial charge in [-0.1, -0.05) is 49.7 Å². The molecule has 0 amide bonds. The highest BCUT2D eigenvalue weighted by molar-refractivity contribution is 7.99. The van der Waals surface area contributed by atoms with Gasteiger partial charge in [-0.2, -0.15) is 4.98 Å². The predicted octanol–water partition coefficient (Wildman–Crippen LogP) is 3.75. The second-order valence-electron chi connectivity index (χ2n) is 6.28. The first kappa shape index (κ1) is 22.5. The molecule has 0 atom stereocenters. The number of nitrogens with zero attached hydrogens (tertiary/aromatic N) is 3. The van der Waals surface area contributed by atoms with Crippen LogP contribution in [0.4, 0.5) is 0 Å². The van der Waals surface area contributed by atoms with Gasteiger partial charge in [0.15, 0.2) is 5.16 Å². The Labute approximate surface area is 165 Å². The molecule has 0 aliphatic rings. The van der Waals surface area contributed by atoms with E-state index in [1.165, 1.54) is 11.8 Å². The molecule has 144 valence electrons. The van der Waals surface area contributed by atoms with Crippen LogP contribution in [-0.2, 0) is 6.42 Å². The summed E-state index contributed by atoms with van der Waals surface area (Å²) in [5, 5.41) is 10.8. The fourth-order valence-corrected chi connectivity index (χ4v) is 3.62. The van der Waals surface area contributed by atoms with Crippen LogP contribution >= 0.6 is 24.2 Å². The van der Waals surface area contributed by atoms with Crippen LogP contribution < -0.4 is 5.56 Å². The topological polar surface area (TPSA) is 58.4 Å². The predicted molar refractivity (Wildman–Crippen MR) is 111 cm³/mol. The Balaban J connectivity index is 0.00000338. The number of hydrogen-bond donors (Lipinski definition) is 1. The first-order valence-electron chi connectivity index (χ1n) is 8.72. The Morgan fingerprint density at radius 1 is 1.19 bits per heavy atom. The number of unbranched alkanes of at least 4 members (excludes halogenated alkanes) is 2. The zero-order valence-electron chi connectivity index (χ0n) is 15.6. The standard InChI is InChI=1S/C19H27N3O2S.ClH/c1-4-5-7-12-16-17(23)20-19(25-14-13-21(2)3)22(18(16)24)15-10-8-6-9-11-15;/h6,8-11,23H,4-5,7,12-14H2,1-3H3;1H. The lowest BCUT2D eigenvalue weighted by molar-refractivity contribution is 0.429. The molecule has 0 aliphatic carbocycles. The third kappa shape index (κ3) is 6.04. The summed E-state index contributed by atoms with van der Waals surface area (Å²) in [6, 6.07) is 9.51. The summed E-state index contributed by atoms with van der Waals surface area (Å²) in [6.45, 7) is 2.99. The van der Waals surface area contributed by atoms with Crippen molar-refractivity contribution in [3.63, 3.8) is 0 Å². The van der Waals surface area contributed by atoms with E-state index in [0.717, 1.165) is 37.2 Å². The normalized spacial score (nSPS) is 10.8. The summed E-state index contributed by atoms with van der Waals surface area (Å²) in [5.74, 6) is 0.668. The van der Waals surface area contributed by atoms with Crippen molar-refractivity contribution >= 4 is 24.2 Å². The van der Waals surface area contributed by atoms with Gasteiger partial charge >= 0.3 is 0 Å². The zero-order valence-corrected chi connectivity index (χ0v) is 17.3. The average molecular weight is 398 g/mol. The minimum Gasteiger partial charge on any atom is -0.493 e. The summed E-state index contributed by atoms with van der Waals surface area (Å²) < 4.78 is 1.63. The molecule has 1 aromatic carbocycles. The minimum atomic E-state index is -0.165. The number of hydrogen-bond acceptors (Lipinski definition) is 5. The van der Waals surface area contributed by atoms with Gasteiger partial charge in [0.2, 0.25) is 5.88 Å². The number of thioether (sulfide) groups is 1. The van der Waals surface area contributed by atoms with Crippen molar-refractivity contribution in [2.45, 2.75) is 37.8 Å². The van der Waals surface area contributed by atoms with Crippen LogP contribution in [0.15, 0.2) is 40.3 Å². The second-order valence-corrected chi connectivity index (χ2v) is 7.34. The Bertz CT molecular complexity index is 736. The molecule has 0 aliphatic heterocycles. The number of aromatic hydroxyl groups is 1. The van der Waals surface area contributed by atoms with E-state index >= 15 is 0 Å². The van der Waals surface area contributed by atoms with Crippen molar-refractivity contribution in [3.05, 3.63) is 46.2 Å². The highest BCUT2D eigenvalue weighted by Gasteiger charge is 2.17. The molecule has 7 heteroatoms. The summed E-state index contributed by atoms with van der Waals surface area (Å²) >= 11 is 1.49. The van der Waals surface area contributed by atoms with Crippen molar-refractivity contribution in [2.24, 2.45) is 0 Å². The van der Waals surface area contributed by atoms with Gasteiger partial charge in [-0.05, 0) is 39.1 Å². The molecule has 0 unspecified atom stereocenters. The maximum absolute atomic E-state index is 13.0. The number of para-hydroxylation sites is 1. The molecule has 1 aromatic heterocycles. The molecule has 0 spiro atoms.